The van der Waals surface area contributed by atoms with Crippen LogP contribution in [0.5, 0.6) is 0 Å². The second-order valence-corrected chi connectivity index (χ2v) is 7.77. The van der Waals surface area contributed by atoms with Crippen LogP contribution in [0.4, 0.5) is 0 Å². The number of hydrogen-bond acceptors (Lipinski definition) is 2. The third kappa shape index (κ3) is 4.20. The number of hydrogen-bond donors (Lipinski definition) is 0. The zero-order valence-corrected chi connectivity index (χ0v) is 15.9. The van der Waals surface area contributed by atoms with Gasteiger partial charge in [-0.2, -0.15) is 0 Å². The van der Waals surface area contributed by atoms with Crippen molar-refractivity contribution >= 4 is 29.1 Å². The summed E-state index contributed by atoms with van der Waals surface area (Å²) in [5.41, 5.74) is 0.665. The van der Waals surface area contributed by atoms with Crippen molar-refractivity contribution in [2.24, 2.45) is 0 Å². The molecule has 0 saturated carbocycles. The first-order valence-electron chi connectivity index (χ1n) is 8.18. The number of rotatable bonds is 5. The molecule has 0 unspecified atom stereocenters. The Bertz CT molecular complexity index is 568. The normalized spacial score (nSPS) is 17.3. The molecule has 3 nitrogen and oxygen atoms in total. The highest BCUT2D eigenvalue weighted by Gasteiger charge is 2.37. The molecule has 1 fully saturated rings. The van der Waals surface area contributed by atoms with Crippen molar-refractivity contribution in [2.45, 2.75) is 51.6 Å². The molecule has 0 aliphatic carbocycles. The van der Waals surface area contributed by atoms with E-state index in [1.54, 1.807) is 12.1 Å². The number of nitrogens with zero attached hydrogens (tertiary/aromatic N) is 2. The Morgan fingerprint density at radius 3 is 2.43 bits per heavy atom. The van der Waals surface area contributed by atoms with E-state index in [0.29, 0.717) is 22.5 Å². The Hall–Kier alpha value is -0.770. The minimum Gasteiger partial charge on any atom is -0.339 e. The average molecular weight is 357 g/mol. The molecule has 5 heteroatoms. The Morgan fingerprint density at radius 1 is 1.26 bits per heavy atom. The molecule has 1 aliphatic heterocycles. The van der Waals surface area contributed by atoms with Crippen LogP contribution in [0.15, 0.2) is 18.2 Å². The topological polar surface area (TPSA) is 23.6 Å². The molecule has 1 aromatic carbocycles. The van der Waals surface area contributed by atoms with Gasteiger partial charge in [0.2, 0.25) is 5.91 Å². The van der Waals surface area contributed by atoms with Gasteiger partial charge in [0.25, 0.3) is 0 Å². The van der Waals surface area contributed by atoms with Crippen molar-refractivity contribution in [3.63, 3.8) is 0 Å². The summed E-state index contributed by atoms with van der Waals surface area (Å²) >= 11 is 12.0. The van der Waals surface area contributed by atoms with Crippen LogP contribution in [-0.4, -0.2) is 47.4 Å². The largest absolute Gasteiger partial charge is 0.339 e. The van der Waals surface area contributed by atoms with E-state index in [1.807, 2.05) is 18.0 Å². The number of likely N-dealkylation sites (tertiary alicyclic amines) is 1. The lowest BCUT2D eigenvalue weighted by atomic mass is 9.92. The molecule has 0 aromatic heterocycles. The fraction of sp³-hybridized carbons (Fsp3) is 0.611. The molecule has 128 valence electrons. The van der Waals surface area contributed by atoms with Gasteiger partial charge in [-0.1, -0.05) is 29.3 Å². The van der Waals surface area contributed by atoms with Crippen molar-refractivity contribution in [2.75, 3.05) is 20.1 Å². The molecule has 1 aliphatic rings. The van der Waals surface area contributed by atoms with E-state index in [1.165, 1.54) is 12.8 Å². The van der Waals surface area contributed by atoms with Gasteiger partial charge in [0.1, 0.15) is 0 Å². The van der Waals surface area contributed by atoms with Gasteiger partial charge < -0.3 is 4.90 Å². The molecular weight excluding hydrogens is 331 g/mol. The van der Waals surface area contributed by atoms with E-state index in [4.69, 9.17) is 23.2 Å². The van der Waals surface area contributed by atoms with Crippen molar-refractivity contribution < 1.29 is 4.79 Å². The van der Waals surface area contributed by atoms with E-state index in [9.17, 15) is 4.79 Å². The highest BCUT2D eigenvalue weighted by molar-refractivity contribution is 6.42. The lowest BCUT2D eigenvalue weighted by Gasteiger charge is -2.44. The van der Waals surface area contributed by atoms with Crippen LogP contribution in [0.3, 0.4) is 0 Å². The zero-order valence-electron chi connectivity index (χ0n) is 14.4. The van der Waals surface area contributed by atoms with Crippen molar-refractivity contribution in [3.05, 3.63) is 33.8 Å². The predicted molar refractivity (Wildman–Crippen MR) is 97.3 cm³/mol. The number of likely N-dealkylation sites (N-methyl/N-ethyl adjacent to an activating group) is 1. The summed E-state index contributed by atoms with van der Waals surface area (Å²) in [5.74, 6) is 0.0967. The van der Waals surface area contributed by atoms with Gasteiger partial charge >= 0.3 is 0 Å². The fourth-order valence-electron chi connectivity index (χ4n) is 3.12. The zero-order chi connectivity index (χ0) is 17.2. The average Bonchev–Trinajstić information content (AvgIpc) is 3.03. The molecule has 1 saturated heterocycles. The molecule has 0 N–H and O–H groups in total. The summed E-state index contributed by atoms with van der Waals surface area (Å²) in [6.07, 6.45) is 2.84. The van der Waals surface area contributed by atoms with Gasteiger partial charge in [-0.25, -0.2) is 0 Å². The molecular formula is C18H26Cl2N2O. The highest BCUT2D eigenvalue weighted by atomic mass is 35.5. The lowest BCUT2D eigenvalue weighted by molar-refractivity contribution is -0.136. The maximum absolute atomic E-state index is 12.7. The summed E-state index contributed by atoms with van der Waals surface area (Å²) in [5, 5.41) is 1.00. The van der Waals surface area contributed by atoms with Crippen molar-refractivity contribution in [3.8, 4) is 0 Å². The number of carbonyl (C=O) groups is 1. The standard InChI is InChI=1S/C18H26Cl2N2O/c1-13(22-9-5-6-10-22)18(2,3)21(4)17(23)12-14-7-8-15(19)16(20)11-14/h7-8,11,13H,5-6,9-10,12H2,1-4H3/t13-/m0/s1. The SMILES string of the molecule is C[C@H](N1CCCC1)C(C)(C)N(C)C(=O)Cc1ccc(Cl)c(Cl)c1. The maximum atomic E-state index is 12.7. The van der Waals surface area contributed by atoms with Crippen molar-refractivity contribution in [1.82, 2.24) is 9.80 Å². The van der Waals surface area contributed by atoms with Crippen LogP contribution in [0.2, 0.25) is 10.0 Å². The lowest BCUT2D eigenvalue weighted by Crippen LogP contribution is -2.57. The second kappa shape index (κ2) is 7.42. The first-order chi connectivity index (χ1) is 10.7. The maximum Gasteiger partial charge on any atom is 0.227 e. The number of carbonyl (C=O) groups excluding carboxylic acids is 1. The Balaban J connectivity index is 2.06. The summed E-state index contributed by atoms with van der Waals surface area (Å²) in [4.78, 5) is 17.1. The van der Waals surface area contributed by atoms with Crippen LogP contribution in [0.1, 0.15) is 39.2 Å². The van der Waals surface area contributed by atoms with Gasteiger partial charge in [0.05, 0.1) is 22.0 Å². The van der Waals surface area contributed by atoms with E-state index in [-0.39, 0.29) is 11.4 Å². The Labute approximate surface area is 149 Å². The molecule has 1 heterocycles. The van der Waals surface area contributed by atoms with Crippen LogP contribution in [0, 0.1) is 0 Å². The quantitative estimate of drug-likeness (QED) is 0.786. The minimum atomic E-state index is -0.225. The number of amides is 1. The second-order valence-electron chi connectivity index (χ2n) is 6.95. The van der Waals surface area contributed by atoms with Crippen molar-refractivity contribution in [1.29, 1.82) is 0 Å². The monoisotopic (exact) mass is 356 g/mol. The van der Waals surface area contributed by atoms with Gasteiger partial charge in [-0.15, -0.1) is 0 Å². The molecule has 1 atom stereocenters. The molecule has 1 amide bonds. The summed E-state index contributed by atoms with van der Waals surface area (Å²) in [6.45, 7) is 8.75. The highest BCUT2D eigenvalue weighted by Crippen LogP contribution is 2.27. The molecule has 0 radical (unpaired) electrons. The van der Waals surface area contributed by atoms with E-state index >= 15 is 0 Å². The predicted octanol–water partition coefficient (Wildman–Crippen LogP) is 4.26. The fourth-order valence-corrected chi connectivity index (χ4v) is 3.44. The van der Waals surface area contributed by atoms with Crippen LogP contribution in [-0.2, 0) is 11.2 Å². The van der Waals surface area contributed by atoms with Gasteiger partial charge in [0, 0.05) is 13.1 Å². The van der Waals surface area contributed by atoms with Gasteiger partial charge in [-0.05, 0) is 64.4 Å². The van der Waals surface area contributed by atoms with Crippen LogP contribution in [0.25, 0.3) is 0 Å². The molecule has 1 aromatic rings. The molecule has 0 bridgehead atoms. The smallest absolute Gasteiger partial charge is 0.227 e. The number of halogens is 2. The van der Waals surface area contributed by atoms with E-state index in [0.717, 1.165) is 18.7 Å². The minimum absolute atomic E-state index is 0.0967. The molecule has 23 heavy (non-hydrogen) atoms. The Morgan fingerprint density at radius 2 is 1.87 bits per heavy atom. The third-order valence-corrected chi connectivity index (χ3v) is 6.03. The first-order valence-corrected chi connectivity index (χ1v) is 8.93. The summed E-state index contributed by atoms with van der Waals surface area (Å²) in [7, 11) is 1.90. The van der Waals surface area contributed by atoms with E-state index < -0.39 is 0 Å². The van der Waals surface area contributed by atoms with Gasteiger partial charge in [-0.3, -0.25) is 9.69 Å². The van der Waals surface area contributed by atoms with Gasteiger partial charge in [0.15, 0.2) is 0 Å². The molecule has 0 spiro atoms. The van der Waals surface area contributed by atoms with Crippen LogP contribution >= 0.6 is 23.2 Å². The van der Waals surface area contributed by atoms with E-state index in [2.05, 4.69) is 25.7 Å². The molecule has 2 rings (SSSR count). The Kier molecular flexibility index (Phi) is 5.99. The third-order valence-electron chi connectivity index (χ3n) is 5.29. The number of benzene rings is 1. The first kappa shape index (κ1) is 18.6. The summed E-state index contributed by atoms with van der Waals surface area (Å²) < 4.78 is 0. The van der Waals surface area contributed by atoms with Crippen LogP contribution < -0.4 is 0 Å². The summed E-state index contributed by atoms with van der Waals surface area (Å²) in [6, 6.07) is 5.70.